The summed E-state index contributed by atoms with van der Waals surface area (Å²) in [6, 6.07) is 0. The number of hydrogen-bond acceptors (Lipinski definition) is 1. The second-order valence-electron chi connectivity index (χ2n) is 10.3. The van der Waals surface area contributed by atoms with Crippen LogP contribution in [0, 0.1) is 5.41 Å². The van der Waals surface area contributed by atoms with Crippen LogP contribution in [0.5, 0.6) is 0 Å². The summed E-state index contributed by atoms with van der Waals surface area (Å²) in [5, 5.41) is 0. The standard InChI is InChI=1S/C27H54O/c1-5-7-8-9-10-11-12-13-14-15-16-17-18-19-20-21-22-23-25-26(28-25)27(3,4)24-6-2/h25-26H,5-24H2,1-4H3. The van der Waals surface area contributed by atoms with E-state index in [1.165, 1.54) is 128 Å². The molecule has 2 atom stereocenters. The molecule has 2 unspecified atom stereocenters. The van der Waals surface area contributed by atoms with E-state index in [2.05, 4.69) is 27.7 Å². The summed E-state index contributed by atoms with van der Waals surface area (Å²) in [5.41, 5.74) is 0.397. The largest absolute Gasteiger partial charge is 0.369 e. The van der Waals surface area contributed by atoms with Gasteiger partial charge in [-0.25, -0.2) is 0 Å². The summed E-state index contributed by atoms with van der Waals surface area (Å²) >= 11 is 0. The zero-order chi connectivity index (χ0) is 20.5. The molecule has 1 heterocycles. The summed E-state index contributed by atoms with van der Waals surface area (Å²) in [4.78, 5) is 0. The molecule has 1 rings (SSSR count). The normalized spacial score (nSPS) is 19.3. The van der Waals surface area contributed by atoms with Crippen molar-refractivity contribution in [1.29, 1.82) is 0 Å². The van der Waals surface area contributed by atoms with E-state index in [9.17, 15) is 0 Å². The van der Waals surface area contributed by atoms with Gasteiger partial charge >= 0.3 is 0 Å². The van der Waals surface area contributed by atoms with Crippen LogP contribution in [0.1, 0.15) is 156 Å². The van der Waals surface area contributed by atoms with E-state index >= 15 is 0 Å². The molecular formula is C27H54O. The van der Waals surface area contributed by atoms with E-state index in [0.29, 0.717) is 17.6 Å². The van der Waals surface area contributed by atoms with Gasteiger partial charge in [0.25, 0.3) is 0 Å². The first-order chi connectivity index (χ1) is 13.6. The minimum atomic E-state index is 0.397. The maximum absolute atomic E-state index is 5.96. The van der Waals surface area contributed by atoms with E-state index in [1.807, 2.05) is 0 Å². The van der Waals surface area contributed by atoms with Crippen molar-refractivity contribution in [2.75, 3.05) is 0 Å². The molecule has 28 heavy (non-hydrogen) atoms. The maximum Gasteiger partial charge on any atom is 0.0892 e. The zero-order valence-corrected chi connectivity index (χ0v) is 20.2. The molecule has 0 aromatic rings. The van der Waals surface area contributed by atoms with Gasteiger partial charge in [0.15, 0.2) is 0 Å². The SMILES string of the molecule is CCCCCCCCCCCCCCCCCCCC1OC1C(C)(C)CCC. The zero-order valence-electron chi connectivity index (χ0n) is 20.2. The van der Waals surface area contributed by atoms with Crippen LogP contribution >= 0.6 is 0 Å². The molecule has 1 fully saturated rings. The number of epoxide rings is 1. The molecule has 0 saturated carbocycles. The Bertz CT molecular complexity index is 335. The van der Waals surface area contributed by atoms with Crippen LogP contribution in [-0.2, 0) is 4.74 Å². The molecule has 1 saturated heterocycles. The second kappa shape index (κ2) is 16.7. The second-order valence-corrected chi connectivity index (χ2v) is 10.3. The Labute approximate surface area is 178 Å². The highest BCUT2D eigenvalue weighted by molar-refractivity contribution is 4.95. The third-order valence-electron chi connectivity index (χ3n) is 6.84. The van der Waals surface area contributed by atoms with Gasteiger partial charge in [-0.2, -0.15) is 0 Å². The van der Waals surface area contributed by atoms with Crippen molar-refractivity contribution < 1.29 is 4.74 Å². The Morgan fingerprint density at radius 2 is 0.929 bits per heavy atom. The van der Waals surface area contributed by atoms with E-state index in [1.54, 1.807) is 0 Å². The summed E-state index contributed by atoms with van der Waals surface area (Å²) in [6.45, 7) is 9.36. The summed E-state index contributed by atoms with van der Waals surface area (Å²) in [7, 11) is 0. The Hall–Kier alpha value is -0.0400. The highest BCUT2D eigenvalue weighted by atomic mass is 16.6. The topological polar surface area (TPSA) is 12.5 Å². The van der Waals surface area contributed by atoms with Gasteiger partial charge in [-0.05, 0) is 18.3 Å². The lowest BCUT2D eigenvalue weighted by molar-refractivity contribution is 0.223. The van der Waals surface area contributed by atoms with Crippen molar-refractivity contribution in [1.82, 2.24) is 0 Å². The predicted octanol–water partition coefficient (Wildman–Crippen LogP) is 9.62. The van der Waals surface area contributed by atoms with Crippen molar-refractivity contribution >= 4 is 0 Å². The lowest BCUT2D eigenvalue weighted by Gasteiger charge is -2.21. The van der Waals surface area contributed by atoms with Crippen molar-refractivity contribution in [3.05, 3.63) is 0 Å². The fourth-order valence-corrected chi connectivity index (χ4v) is 4.91. The fourth-order valence-electron chi connectivity index (χ4n) is 4.91. The van der Waals surface area contributed by atoms with Gasteiger partial charge in [-0.1, -0.05) is 143 Å². The van der Waals surface area contributed by atoms with Gasteiger partial charge < -0.3 is 4.74 Å². The first-order valence-corrected chi connectivity index (χ1v) is 13.3. The third kappa shape index (κ3) is 13.2. The van der Waals surface area contributed by atoms with E-state index in [0.717, 1.165) is 0 Å². The lowest BCUT2D eigenvalue weighted by Crippen LogP contribution is -2.20. The molecule has 1 heteroatoms. The van der Waals surface area contributed by atoms with Gasteiger partial charge in [0.05, 0.1) is 12.2 Å². The molecule has 0 N–H and O–H groups in total. The fraction of sp³-hybridized carbons (Fsp3) is 1.00. The van der Waals surface area contributed by atoms with Crippen molar-refractivity contribution in [2.45, 2.75) is 168 Å². The average molecular weight is 395 g/mol. The molecule has 0 radical (unpaired) electrons. The monoisotopic (exact) mass is 394 g/mol. The third-order valence-corrected chi connectivity index (χ3v) is 6.84. The summed E-state index contributed by atoms with van der Waals surface area (Å²) in [5.74, 6) is 0. The Morgan fingerprint density at radius 3 is 1.32 bits per heavy atom. The van der Waals surface area contributed by atoms with Crippen LogP contribution in [0.4, 0.5) is 0 Å². The van der Waals surface area contributed by atoms with Gasteiger partial charge in [0.2, 0.25) is 0 Å². The molecule has 0 aliphatic carbocycles. The van der Waals surface area contributed by atoms with E-state index in [4.69, 9.17) is 4.74 Å². The van der Waals surface area contributed by atoms with Crippen LogP contribution in [0.3, 0.4) is 0 Å². The van der Waals surface area contributed by atoms with Crippen molar-refractivity contribution in [2.24, 2.45) is 5.41 Å². The van der Waals surface area contributed by atoms with Gasteiger partial charge in [0.1, 0.15) is 0 Å². The molecule has 0 aromatic heterocycles. The molecule has 1 aliphatic heterocycles. The van der Waals surface area contributed by atoms with Gasteiger partial charge in [-0.3, -0.25) is 0 Å². The van der Waals surface area contributed by atoms with Crippen LogP contribution in [0.15, 0.2) is 0 Å². The Balaban J connectivity index is 1.73. The van der Waals surface area contributed by atoms with Crippen LogP contribution in [0.2, 0.25) is 0 Å². The van der Waals surface area contributed by atoms with E-state index < -0.39 is 0 Å². The maximum atomic E-state index is 5.96. The molecule has 0 spiro atoms. The number of rotatable bonds is 21. The van der Waals surface area contributed by atoms with Crippen LogP contribution in [0.25, 0.3) is 0 Å². The predicted molar refractivity (Wildman–Crippen MR) is 126 cm³/mol. The highest BCUT2D eigenvalue weighted by Gasteiger charge is 2.48. The molecule has 0 amide bonds. The molecule has 1 aliphatic rings. The minimum absolute atomic E-state index is 0.397. The lowest BCUT2D eigenvalue weighted by atomic mass is 9.82. The molecule has 168 valence electrons. The average Bonchev–Trinajstić information content (AvgIpc) is 3.45. The Morgan fingerprint density at radius 1 is 0.536 bits per heavy atom. The van der Waals surface area contributed by atoms with Gasteiger partial charge in [-0.15, -0.1) is 0 Å². The van der Waals surface area contributed by atoms with Crippen molar-refractivity contribution in [3.63, 3.8) is 0 Å². The van der Waals surface area contributed by atoms with Gasteiger partial charge in [0, 0.05) is 0 Å². The molecular weight excluding hydrogens is 340 g/mol. The van der Waals surface area contributed by atoms with E-state index in [-0.39, 0.29) is 0 Å². The summed E-state index contributed by atoms with van der Waals surface area (Å²) in [6.07, 6.45) is 29.7. The van der Waals surface area contributed by atoms with Crippen LogP contribution < -0.4 is 0 Å². The molecule has 0 bridgehead atoms. The number of ether oxygens (including phenoxy) is 1. The van der Waals surface area contributed by atoms with Crippen LogP contribution in [-0.4, -0.2) is 12.2 Å². The smallest absolute Gasteiger partial charge is 0.0892 e. The quantitative estimate of drug-likeness (QED) is 0.139. The first-order valence-electron chi connectivity index (χ1n) is 13.3. The Kier molecular flexibility index (Phi) is 15.5. The number of unbranched alkanes of at least 4 members (excludes halogenated alkanes) is 16. The highest BCUT2D eigenvalue weighted by Crippen LogP contribution is 2.43. The van der Waals surface area contributed by atoms with Crippen molar-refractivity contribution in [3.8, 4) is 0 Å². The molecule has 0 aromatic carbocycles. The first kappa shape index (κ1) is 26.0. The number of hydrogen-bond donors (Lipinski definition) is 0. The summed E-state index contributed by atoms with van der Waals surface area (Å²) < 4.78 is 5.96. The molecule has 1 nitrogen and oxygen atoms in total. The minimum Gasteiger partial charge on any atom is -0.369 e.